The van der Waals surface area contributed by atoms with Gasteiger partial charge in [0.1, 0.15) is 11.6 Å². The minimum Gasteiger partial charge on any atom is -0.367 e. The Kier molecular flexibility index (Phi) is 3.70. The van der Waals surface area contributed by atoms with Crippen LogP contribution in [-0.2, 0) is 9.47 Å². The van der Waals surface area contributed by atoms with E-state index in [-0.39, 0.29) is 11.6 Å². The van der Waals surface area contributed by atoms with E-state index in [1.807, 2.05) is 19.1 Å². The number of benzene rings is 1. The lowest BCUT2D eigenvalue weighted by atomic mass is 9.90. The van der Waals surface area contributed by atoms with E-state index < -0.39 is 0 Å². The molecule has 5 heteroatoms. The number of aromatic nitrogens is 1. The van der Waals surface area contributed by atoms with Crippen molar-refractivity contribution in [1.29, 1.82) is 0 Å². The van der Waals surface area contributed by atoms with Gasteiger partial charge in [-0.2, -0.15) is 0 Å². The van der Waals surface area contributed by atoms with Crippen molar-refractivity contribution in [2.45, 2.75) is 44.4 Å². The smallest absolute Gasteiger partial charge is 0.168 e. The first-order chi connectivity index (χ1) is 11.1. The molecule has 2 heterocycles. The first-order valence-corrected chi connectivity index (χ1v) is 8.24. The summed E-state index contributed by atoms with van der Waals surface area (Å²) in [4.78, 5) is 4.37. The van der Waals surface area contributed by atoms with E-state index in [0.717, 1.165) is 42.5 Å². The lowest BCUT2D eigenvalue weighted by molar-refractivity contribution is -0.177. The fraction of sp³-hybridized carbons (Fsp3) is 0.500. The predicted molar refractivity (Wildman–Crippen MR) is 87.0 cm³/mol. The van der Waals surface area contributed by atoms with Crippen molar-refractivity contribution in [3.63, 3.8) is 0 Å². The van der Waals surface area contributed by atoms with Gasteiger partial charge in [-0.3, -0.25) is 0 Å². The number of anilines is 1. The Bertz CT molecular complexity index is 718. The van der Waals surface area contributed by atoms with Crippen LogP contribution in [0.2, 0.25) is 0 Å². The third-order valence-electron chi connectivity index (χ3n) is 4.84. The zero-order valence-electron chi connectivity index (χ0n) is 13.3. The largest absolute Gasteiger partial charge is 0.367 e. The molecule has 1 spiro atoms. The highest BCUT2D eigenvalue weighted by atomic mass is 19.1. The van der Waals surface area contributed by atoms with E-state index in [4.69, 9.17) is 9.47 Å². The second-order valence-corrected chi connectivity index (χ2v) is 6.56. The monoisotopic (exact) mass is 316 g/mol. The molecule has 0 bridgehead atoms. The third kappa shape index (κ3) is 2.91. The van der Waals surface area contributed by atoms with Gasteiger partial charge in [0.15, 0.2) is 5.79 Å². The first-order valence-electron chi connectivity index (χ1n) is 8.24. The van der Waals surface area contributed by atoms with E-state index in [9.17, 15) is 4.39 Å². The van der Waals surface area contributed by atoms with Crippen LogP contribution < -0.4 is 5.32 Å². The van der Waals surface area contributed by atoms with Crippen molar-refractivity contribution in [3.8, 4) is 0 Å². The van der Waals surface area contributed by atoms with Crippen LogP contribution in [0.25, 0.3) is 10.8 Å². The SMILES string of the molecule is Cc1cc(F)c2cnc(NC3CCC4(CC3)OCCO4)cc2c1. The van der Waals surface area contributed by atoms with Crippen molar-refractivity contribution in [3.05, 3.63) is 35.8 Å². The number of nitrogens with one attached hydrogen (secondary N) is 1. The van der Waals surface area contributed by atoms with E-state index in [2.05, 4.69) is 10.3 Å². The molecule has 1 saturated heterocycles. The Labute approximate surface area is 135 Å². The molecule has 0 unspecified atom stereocenters. The molecule has 4 rings (SSSR count). The number of hydrogen-bond donors (Lipinski definition) is 1. The van der Waals surface area contributed by atoms with Crippen LogP contribution in [0.15, 0.2) is 24.4 Å². The predicted octanol–water partition coefficient (Wildman–Crippen LogP) is 3.78. The lowest BCUT2D eigenvalue weighted by Gasteiger charge is -2.35. The number of rotatable bonds is 2. The molecule has 1 aromatic heterocycles. The minimum atomic E-state index is -0.338. The molecule has 4 nitrogen and oxygen atoms in total. The highest BCUT2D eigenvalue weighted by Crippen LogP contribution is 2.36. The summed E-state index contributed by atoms with van der Waals surface area (Å²) in [6, 6.07) is 5.81. The number of halogens is 1. The Morgan fingerprint density at radius 1 is 1.17 bits per heavy atom. The Hall–Kier alpha value is -1.72. The molecule has 122 valence electrons. The number of ether oxygens (including phenoxy) is 2. The van der Waals surface area contributed by atoms with Gasteiger partial charge in [-0.25, -0.2) is 9.37 Å². The Morgan fingerprint density at radius 2 is 1.91 bits per heavy atom. The van der Waals surface area contributed by atoms with Gasteiger partial charge in [0, 0.05) is 30.5 Å². The van der Waals surface area contributed by atoms with Crippen molar-refractivity contribution >= 4 is 16.6 Å². The molecule has 1 aromatic carbocycles. The molecule has 2 aromatic rings. The molecule has 1 N–H and O–H groups in total. The number of aryl methyl sites for hydroxylation is 1. The third-order valence-corrected chi connectivity index (χ3v) is 4.84. The standard InChI is InChI=1S/C18H21FN2O2/c1-12-8-13-10-17(20-11-15(13)16(19)9-12)21-14-2-4-18(5-3-14)22-6-7-23-18/h8-11,14H,2-7H2,1H3,(H,20,21). The highest BCUT2D eigenvalue weighted by Gasteiger charge is 2.40. The van der Waals surface area contributed by atoms with Crippen molar-refractivity contribution in [2.24, 2.45) is 0 Å². The average molecular weight is 316 g/mol. The normalized spacial score (nSPS) is 21.1. The molecule has 1 saturated carbocycles. The van der Waals surface area contributed by atoms with Crippen LogP contribution >= 0.6 is 0 Å². The van der Waals surface area contributed by atoms with Gasteiger partial charge in [0.2, 0.25) is 0 Å². The van der Waals surface area contributed by atoms with E-state index in [1.54, 1.807) is 12.3 Å². The van der Waals surface area contributed by atoms with Gasteiger partial charge in [-0.05, 0) is 42.8 Å². The molecule has 1 aliphatic carbocycles. The van der Waals surface area contributed by atoms with E-state index in [1.165, 1.54) is 0 Å². The molecule has 1 aliphatic heterocycles. The Morgan fingerprint density at radius 3 is 2.65 bits per heavy atom. The molecule has 23 heavy (non-hydrogen) atoms. The molecule has 2 fully saturated rings. The maximum absolute atomic E-state index is 13.9. The second kappa shape index (κ2) is 5.73. The summed E-state index contributed by atoms with van der Waals surface area (Å²) < 4.78 is 25.4. The van der Waals surface area contributed by atoms with Crippen molar-refractivity contribution in [1.82, 2.24) is 4.98 Å². The summed E-state index contributed by atoms with van der Waals surface area (Å²) in [7, 11) is 0. The molecule has 0 amide bonds. The number of pyridine rings is 1. The van der Waals surface area contributed by atoms with E-state index in [0.29, 0.717) is 24.6 Å². The zero-order valence-corrected chi connectivity index (χ0v) is 13.3. The number of fused-ring (bicyclic) bond motifs is 1. The quantitative estimate of drug-likeness (QED) is 0.915. The average Bonchev–Trinajstić information content (AvgIpc) is 2.98. The van der Waals surface area contributed by atoms with Crippen LogP contribution in [0.4, 0.5) is 10.2 Å². The zero-order chi connectivity index (χ0) is 15.9. The van der Waals surface area contributed by atoms with Crippen LogP contribution in [0.3, 0.4) is 0 Å². The fourth-order valence-corrected chi connectivity index (χ4v) is 3.63. The van der Waals surface area contributed by atoms with Gasteiger partial charge in [-0.1, -0.05) is 6.07 Å². The van der Waals surface area contributed by atoms with Crippen LogP contribution in [0.5, 0.6) is 0 Å². The van der Waals surface area contributed by atoms with Gasteiger partial charge >= 0.3 is 0 Å². The van der Waals surface area contributed by atoms with Crippen LogP contribution in [0.1, 0.15) is 31.2 Å². The Balaban J connectivity index is 1.48. The molecule has 2 aliphatic rings. The van der Waals surface area contributed by atoms with Gasteiger partial charge in [-0.15, -0.1) is 0 Å². The molecular formula is C18H21FN2O2. The maximum Gasteiger partial charge on any atom is 0.168 e. The summed E-state index contributed by atoms with van der Waals surface area (Å²) >= 11 is 0. The summed E-state index contributed by atoms with van der Waals surface area (Å²) in [5, 5.41) is 4.92. The van der Waals surface area contributed by atoms with Gasteiger partial charge in [0.05, 0.1) is 13.2 Å². The maximum atomic E-state index is 13.9. The minimum absolute atomic E-state index is 0.214. The first kappa shape index (κ1) is 14.8. The summed E-state index contributed by atoms with van der Waals surface area (Å²) in [5.41, 5.74) is 0.919. The number of hydrogen-bond acceptors (Lipinski definition) is 4. The number of nitrogens with zero attached hydrogens (tertiary/aromatic N) is 1. The van der Waals surface area contributed by atoms with Crippen LogP contribution in [-0.4, -0.2) is 30.0 Å². The molecular weight excluding hydrogens is 295 g/mol. The fourth-order valence-electron chi connectivity index (χ4n) is 3.63. The lowest BCUT2D eigenvalue weighted by Crippen LogP contribution is -2.39. The highest BCUT2D eigenvalue weighted by molar-refractivity contribution is 5.85. The van der Waals surface area contributed by atoms with Crippen molar-refractivity contribution < 1.29 is 13.9 Å². The van der Waals surface area contributed by atoms with Crippen LogP contribution in [0, 0.1) is 12.7 Å². The summed E-state index contributed by atoms with van der Waals surface area (Å²) in [6.45, 7) is 3.31. The molecule has 0 atom stereocenters. The van der Waals surface area contributed by atoms with Crippen molar-refractivity contribution in [2.75, 3.05) is 18.5 Å². The van der Waals surface area contributed by atoms with E-state index >= 15 is 0 Å². The van der Waals surface area contributed by atoms with Gasteiger partial charge in [0.25, 0.3) is 0 Å². The van der Waals surface area contributed by atoms with Gasteiger partial charge < -0.3 is 14.8 Å². The topological polar surface area (TPSA) is 43.4 Å². The molecule has 0 radical (unpaired) electrons. The summed E-state index contributed by atoms with van der Waals surface area (Å²) in [5.74, 6) is 0.251. The summed E-state index contributed by atoms with van der Waals surface area (Å²) in [6.07, 6.45) is 5.40. The second-order valence-electron chi connectivity index (χ2n) is 6.56.